The van der Waals surface area contributed by atoms with E-state index < -0.39 is 41.0 Å². The molecule has 1 amide bonds. The molecule has 6 nitrogen and oxygen atoms in total. The fourth-order valence-corrected chi connectivity index (χ4v) is 6.63. The number of aromatic nitrogens is 1. The number of nitrogens with zero attached hydrogens (tertiary/aromatic N) is 2. The Morgan fingerprint density at radius 1 is 1.14 bits per heavy atom. The number of fused-ring (bicyclic) bond motifs is 1. The minimum absolute atomic E-state index is 0.0532. The Morgan fingerprint density at radius 3 is 2.39 bits per heavy atom. The summed E-state index contributed by atoms with van der Waals surface area (Å²) in [7, 11) is 2.05. The summed E-state index contributed by atoms with van der Waals surface area (Å²) in [6.45, 7) is 3.38. The van der Waals surface area contributed by atoms with Gasteiger partial charge in [0, 0.05) is 56.2 Å². The highest BCUT2D eigenvalue weighted by molar-refractivity contribution is 5.99. The monoisotopic (exact) mass is 504 g/mol. The van der Waals surface area contributed by atoms with Crippen molar-refractivity contribution in [1.29, 1.82) is 0 Å². The van der Waals surface area contributed by atoms with E-state index in [4.69, 9.17) is 0 Å². The van der Waals surface area contributed by atoms with E-state index in [0.717, 1.165) is 19.2 Å². The number of amides is 1. The van der Waals surface area contributed by atoms with Crippen molar-refractivity contribution in [3.05, 3.63) is 63.3 Å². The summed E-state index contributed by atoms with van der Waals surface area (Å²) >= 11 is 0. The Morgan fingerprint density at radius 2 is 1.78 bits per heavy atom. The minimum atomic E-state index is -2.98. The van der Waals surface area contributed by atoms with E-state index in [1.54, 1.807) is 0 Å². The van der Waals surface area contributed by atoms with E-state index in [1.165, 1.54) is 35.9 Å². The van der Waals surface area contributed by atoms with Crippen LogP contribution in [0.3, 0.4) is 0 Å². The van der Waals surface area contributed by atoms with Gasteiger partial charge in [0.05, 0.1) is 28.4 Å². The van der Waals surface area contributed by atoms with Crippen molar-refractivity contribution in [2.24, 2.45) is 11.8 Å². The topological polar surface area (TPSA) is 66.4 Å². The van der Waals surface area contributed by atoms with Crippen LogP contribution >= 0.6 is 0 Å². The lowest BCUT2D eigenvalue weighted by Gasteiger charge is -2.66. The molecule has 36 heavy (non-hydrogen) atoms. The Kier molecular flexibility index (Phi) is 5.10. The molecule has 4 saturated carbocycles. The molecule has 2 heterocycles. The van der Waals surface area contributed by atoms with Gasteiger partial charge in [-0.15, -0.1) is 0 Å². The van der Waals surface area contributed by atoms with E-state index in [9.17, 15) is 27.2 Å². The molecule has 1 aromatic heterocycles. The maximum Gasteiger partial charge on any atom is 0.266 e. The Hall–Kier alpha value is -2.88. The number of pyridine rings is 1. The molecule has 2 N–H and O–H groups in total. The summed E-state index contributed by atoms with van der Waals surface area (Å²) in [5.41, 5.74) is -2.34. The summed E-state index contributed by atoms with van der Waals surface area (Å²) in [4.78, 5) is 28.7. The summed E-state index contributed by atoms with van der Waals surface area (Å²) in [6, 6.07) is 4.33. The van der Waals surface area contributed by atoms with E-state index >= 15 is 0 Å². The van der Waals surface area contributed by atoms with Gasteiger partial charge in [0.1, 0.15) is 11.5 Å². The number of likely N-dealkylation sites (tertiary alicyclic amines) is 1. The van der Waals surface area contributed by atoms with Crippen molar-refractivity contribution in [3.63, 3.8) is 0 Å². The first-order chi connectivity index (χ1) is 17.0. The fourth-order valence-electron chi connectivity index (χ4n) is 6.63. The van der Waals surface area contributed by atoms with Gasteiger partial charge in [-0.1, -0.05) is 18.2 Å². The standard InChI is InChI=1S/C26H28F4N4O2/c1-13(14-4-3-5-15(21(14)27)23(28)29)31-24(36)18-9-34(26-10-25(30,11-26)12-26)20(35)6-19(18)32-22-16-7-33(2)8-17(16)22/h3-6,9,13,16-17,22-23,32H,7-8,10-12H2,1-2H3,(H,31,36)/t13-,16-,17+,22+,25?,26?/m1/s1. The first-order valence-electron chi connectivity index (χ1n) is 12.3. The number of carbonyl (C=O) groups excluding carboxylic acids is 1. The lowest BCUT2D eigenvalue weighted by molar-refractivity contribution is -0.199. The predicted octanol–water partition coefficient (Wildman–Crippen LogP) is 3.99. The van der Waals surface area contributed by atoms with Gasteiger partial charge < -0.3 is 20.1 Å². The minimum Gasteiger partial charge on any atom is -0.381 e. The van der Waals surface area contributed by atoms with Crippen molar-refractivity contribution in [3.8, 4) is 0 Å². The molecule has 7 rings (SSSR count). The molecule has 0 radical (unpaired) electrons. The molecular formula is C26H28F4N4O2. The maximum atomic E-state index is 14.7. The van der Waals surface area contributed by atoms with Crippen LogP contribution in [0.25, 0.3) is 0 Å². The van der Waals surface area contributed by atoms with Gasteiger partial charge in [-0.25, -0.2) is 17.6 Å². The molecular weight excluding hydrogens is 476 g/mol. The molecule has 1 saturated heterocycles. The number of alkyl halides is 3. The first kappa shape index (κ1) is 23.5. The average molecular weight is 505 g/mol. The third kappa shape index (κ3) is 3.55. The zero-order chi connectivity index (χ0) is 25.6. The van der Waals surface area contributed by atoms with Gasteiger partial charge in [0.15, 0.2) is 0 Å². The summed E-state index contributed by atoms with van der Waals surface area (Å²) in [5, 5.41) is 6.07. The van der Waals surface area contributed by atoms with E-state index in [-0.39, 0.29) is 42.0 Å². The summed E-state index contributed by atoms with van der Waals surface area (Å²) in [6.07, 6.45) is -0.767. The number of piperidine rings is 1. The molecule has 5 fully saturated rings. The number of anilines is 1. The Balaban J connectivity index is 1.29. The van der Waals surface area contributed by atoms with Crippen LogP contribution in [-0.2, 0) is 5.54 Å². The van der Waals surface area contributed by atoms with Crippen molar-refractivity contribution in [2.45, 2.75) is 55.9 Å². The van der Waals surface area contributed by atoms with Crippen LogP contribution in [0.2, 0.25) is 0 Å². The molecule has 1 aromatic carbocycles. The molecule has 10 heteroatoms. The number of benzene rings is 1. The zero-order valence-corrected chi connectivity index (χ0v) is 20.0. The van der Waals surface area contributed by atoms with Crippen LogP contribution in [0.15, 0.2) is 35.3 Å². The first-order valence-corrected chi connectivity index (χ1v) is 12.3. The van der Waals surface area contributed by atoms with Gasteiger partial charge >= 0.3 is 0 Å². The molecule has 4 aliphatic carbocycles. The Labute approximate surface area is 205 Å². The van der Waals surface area contributed by atoms with E-state index in [2.05, 4.69) is 15.5 Å². The van der Waals surface area contributed by atoms with Crippen LogP contribution in [-0.4, -0.2) is 47.2 Å². The predicted molar refractivity (Wildman–Crippen MR) is 125 cm³/mol. The van der Waals surface area contributed by atoms with E-state index in [1.807, 2.05) is 7.05 Å². The number of rotatable bonds is 7. The van der Waals surface area contributed by atoms with Crippen molar-refractivity contribution in [1.82, 2.24) is 14.8 Å². The molecule has 1 aliphatic heterocycles. The van der Waals surface area contributed by atoms with Crippen molar-refractivity contribution < 1.29 is 22.4 Å². The highest BCUT2D eigenvalue weighted by Crippen LogP contribution is 2.67. The SMILES string of the molecule is C[C@@H](NC(=O)c1cn(C23CC(F)(C2)C3)c(=O)cc1N[C@H]1[C@@H]2CN(C)C[C@@H]21)c1cccc(C(F)F)c1F. The lowest BCUT2D eigenvalue weighted by Crippen LogP contribution is -2.71. The van der Waals surface area contributed by atoms with E-state index in [0.29, 0.717) is 17.5 Å². The third-order valence-corrected chi connectivity index (χ3v) is 8.55. The number of halogens is 4. The van der Waals surface area contributed by atoms with Gasteiger partial charge in [-0.05, 0) is 25.8 Å². The lowest BCUT2D eigenvalue weighted by atomic mass is 9.47. The van der Waals surface area contributed by atoms with Crippen LogP contribution < -0.4 is 16.2 Å². The average Bonchev–Trinajstić information content (AvgIpc) is 3.21. The van der Waals surface area contributed by atoms with Gasteiger partial charge in [-0.2, -0.15) is 0 Å². The molecule has 0 spiro atoms. The maximum absolute atomic E-state index is 14.7. The second-order valence-electron chi connectivity index (χ2n) is 11.2. The largest absolute Gasteiger partial charge is 0.381 e. The number of hydrogen-bond acceptors (Lipinski definition) is 4. The van der Waals surface area contributed by atoms with Gasteiger partial charge in [0.2, 0.25) is 0 Å². The van der Waals surface area contributed by atoms with Gasteiger partial charge in [0.25, 0.3) is 17.9 Å². The van der Waals surface area contributed by atoms with Crippen LogP contribution in [0, 0.1) is 17.7 Å². The molecule has 2 bridgehead atoms. The highest BCUT2D eigenvalue weighted by Gasteiger charge is 2.70. The van der Waals surface area contributed by atoms with Gasteiger partial charge in [-0.3, -0.25) is 9.59 Å². The van der Waals surface area contributed by atoms with Crippen LogP contribution in [0.4, 0.5) is 23.2 Å². The highest BCUT2D eigenvalue weighted by atomic mass is 19.3. The third-order valence-electron chi connectivity index (χ3n) is 8.55. The fraction of sp³-hybridized carbons (Fsp3) is 0.538. The molecule has 192 valence electrons. The normalized spacial score (nSPS) is 32.9. The number of carbonyl (C=O) groups is 1. The smallest absolute Gasteiger partial charge is 0.266 e. The second kappa shape index (κ2) is 7.81. The van der Waals surface area contributed by atoms with Crippen LogP contribution in [0.5, 0.6) is 0 Å². The number of nitrogens with one attached hydrogen (secondary N) is 2. The molecule has 2 aromatic rings. The second-order valence-corrected chi connectivity index (χ2v) is 11.2. The van der Waals surface area contributed by atoms with Crippen molar-refractivity contribution >= 4 is 11.6 Å². The Bertz CT molecular complexity index is 1280. The molecule has 4 atom stereocenters. The zero-order valence-electron chi connectivity index (χ0n) is 20.0. The summed E-state index contributed by atoms with van der Waals surface area (Å²) < 4.78 is 56.7. The quantitative estimate of drug-likeness (QED) is 0.560. The molecule has 0 unspecified atom stereocenters. The van der Waals surface area contributed by atoms with Crippen molar-refractivity contribution in [2.75, 3.05) is 25.5 Å². The summed E-state index contributed by atoms with van der Waals surface area (Å²) in [5.74, 6) is -0.754. The van der Waals surface area contributed by atoms with Crippen LogP contribution in [0.1, 0.15) is 60.1 Å². The number of hydrogen-bond donors (Lipinski definition) is 2. The molecule has 5 aliphatic rings.